The molecule has 1 aromatic rings. The molecule has 96 valence electrons. The number of anilines is 1. The van der Waals surface area contributed by atoms with Gasteiger partial charge in [-0.15, -0.1) is 0 Å². The van der Waals surface area contributed by atoms with Crippen LogP contribution in [0.25, 0.3) is 0 Å². The minimum atomic E-state index is 0.866. The summed E-state index contributed by atoms with van der Waals surface area (Å²) in [6, 6.07) is 9.02. The van der Waals surface area contributed by atoms with Crippen molar-refractivity contribution in [2.75, 3.05) is 31.1 Å². The van der Waals surface area contributed by atoms with Crippen LogP contribution in [0.15, 0.2) is 29.3 Å². The van der Waals surface area contributed by atoms with E-state index in [0.717, 1.165) is 19.0 Å². The smallest absolute Gasteiger partial charge is 0.0895 e. The minimum absolute atomic E-state index is 0.866. The molecular formula is C15H21N3. The third-order valence-corrected chi connectivity index (χ3v) is 3.94. The molecule has 0 saturated carbocycles. The summed E-state index contributed by atoms with van der Waals surface area (Å²) >= 11 is 0. The Labute approximate surface area is 109 Å². The zero-order valence-electron chi connectivity index (χ0n) is 10.8. The third kappa shape index (κ3) is 2.72. The van der Waals surface area contributed by atoms with Crippen molar-refractivity contribution in [3.05, 3.63) is 29.8 Å². The Hall–Kier alpha value is -1.35. The van der Waals surface area contributed by atoms with E-state index in [0.29, 0.717) is 0 Å². The van der Waals surface area contributed by atoms with Gasteiger partial charge in [0.2, 0.25) is 0 Å². The van der Waals surface area contributed by atoms with Crippen molar-refractivity contribution >= 4 is 12.0 Å². The molecule has 2 aliphatic rings. The molecule has 0 aromatic heterocycles. The number of benzene rings is 1. The van der Waals surface area contributed by atoms with Crippen molar-refractivity contribution in [2.24, 2.45) is 10.9 Å². The molecule has 18 heavy (non-hydrogen) atoms. The van der Waals surface area contributed by atoms with Gasteiger partial charge < -0.3 is 10.2 Å². The summed E-state index contributed by atoms with van der Waals surface area (Å²) in [5, 5.41) is 3.43. The van der Waals surface area contributed by atoms with E-state index in [1.807, 2.05) is 6.34 Å². The van der Waals surface area contributed by atoms with E-state index in [1.54, 1.807) is 0 Å². The summed E-state index contributed by atoms with van der Waals surface area (Å²) in [5.41, 5.74) is 2.74. The highest BCUT2D eigenvalue weighted by atomic mass is 15.2. The summed E-state index contributed by atoms with van der Waals surface area (Å²) < 4.78 is 0. The van der Waals surface area contributed by atoms with Crippen molar-refractivity contribution in [2.45, 2.75) is 19.3 Å². The molecule has 0 unspecified atom stereocenters. The Kier molecular flexibility index (Phi) is 3.60. The second-order valence-corrected chi connectivity index (χ2v) is 5.28. The Morgan fingerprint density at radius 1 is 1.17 bits per heavy atom. The Bertz CT molecular complexity index is 404. The third-order valence-electron chi connectivity index (χ3n) is 3.94. The highest BCUT2D eigenvalue weighted by Gasteiger charge is 2.14. The topological polar surface area (TPSA) is 27.6 Å². The van der Waals surface area contributed by atoms with E-state index in [4.69, 9.17) is 0 Å². The lowest BCUT2D eigenvalue weighted by atomic mass is 9.91. The van der Waals surface area contributed by atoms with Crippen LogP contribution in [-0.2, 0) is 6.42 Å². The highest BCUT2D eigenvalue weighted by molar-refractivity contribution is 5.80. The van der Waals surface area contributed by atoms with Crippen LogP contribution in [0.4, 0.5) is 5.69 Å². The van der Waals surface area contributed by atoms with Crippen LogP contribution in [0.5, 0.6) is 0 Å². The van der Waals surface area contributed by atoms with Crippen molar-refractivity contribution in [1.82, 2.24) is 5.32 Å². The average Bonchev–Trinajstić information content (AvgIpc) is 2.95. The van der Waals surface area contributed by atoms with E-state index >= 15 is 0 Å². The number of rotatable bonds is 3. The van der Waals surface area contributed by atoms with Crippen molar-refractivity contribution in [1.29, 1.82) is 0 Å². The molecule has 3 nitrogen and oxygen atoms in total. The molecule has 1 saturated heterocycles. The summed E-state index contributed by atoms with van der Waals surface area (Å²) in [7, 11) is 0. The molecule has 0 spiro atoms. The first kappa shape index (κ1) is 11.7. The number of hydrogen-bond acceptors (Lipinski definition) is 3. The van der Waals surface area contributed by atoms with Crippen LogP contribution in [-0.4, -0.2) is 32.5 Å². The van der Waals surface area contributed by atoms with Crippen LogP contribution in [0.1, 0.15) is 18.4 Å². The number of aliphatic imine (C=N–C) groups is 1. The lowest BCUT2D eigenvalue weighted by molar-refractivity contribution is 0.372. The summed E-state index contributed by atoms with van der Waals surface area (Å²) in [4.78, 5) is 6.47. The quantitative estimate of drug-likeness (QED) is 0.880. The second kappa shape index (κ2) is 5.53. The minimum Gasteiger partial charge on any atom is -0.331 e. The molecule has 2 aliphatic heterocycles. The first-order valence-corrected chi connectivity index (χ1v) is 6.98. The standard InChI is InChI=1S/C15H21N3/c1-3-15(18-10-9-17-12-18)4-2-13(1)11-14-5-7-16-8-6-14/h1-4,12,14,16H,5-11H2. The van der Waals surface area contributed by atoms with E-state index in [-0.39, 0.29) is 0 Å². The van der Waals surface area contributed by atoms with Crippen molar-refractivity contribution in [3.63, 3.8) is 0 Å². The van der Waals surface area contributed by atoms with Gasteiger partial charge in [0.1, 0.15) is 0 Å². The number of nitrogens with one attached hydrogen (secondary N) is 1. The second-order valence-electron chi connectivity index (χ2n) is 5.28. The summed E-state index contributed by atoms with van der Waals surface area (Å²) in [5.74, 6) is 0.866. The maximum atomic E-state index is 4.25. The maximum Gasteiger partial charge on any atom is 0.0895 e. The molecule has 0 bridgehead atoms. The van der Waals surface area contributed by atoms with Crippen LogP contribution >= 0.6 is 0 Å². The molecule has 3 rings (SSSR count). The predicted molar refractivity (Wildman–Crippen MR) is 76.4 cm³/mol. The van der Waals surface area contributed by atoms with Gasteiger partial charge in [-0.3, -0.25) is 4.99 Å². The molecule has 0 aliphatic carbocycles. The Morgan fingerprint density at radius 2 is 1.94 bits per heavy atom. The SMILES string of the molecule is C1=NCCN1c1ccc(CC2CCNCC2)cc1. The van der Waals surface area contributed by atoms with E-state index in [9.17, 15) is 0 Å². The first-order valence-electron chi connectivity index (χ1n) is 6.98. The van der Waals surface area contributed by atoms with E-state index in [1.165, 1.54) is 43.6 Å². The van der Waals surface area contributed by atoms with Crippen molar-refractivity contribution < 1.29 is 0 Å². The van der Waals surface area contributed by atoms with Gasteiger partial charge in [-0.05, 0) is 56.0 Å². The Morgan fingerprint density at radius 3 is 2.61 bits per heavy atom. The van der Waals surface area contributed by atoms with E-state index < -0.39 is 0 Å². The molecule has 2 heterocycles. The molecule has 3 heteroatoms. The molecule has 0 amide bonds. The number of hydrogen-bond donors (Lipinski definition) is 1. The van der Waals surface area contributed by atoms with Gasteiger partial charge in [-0.2, -0.15) is 0 Å². The number of nitrogens with zero attached hydrogens (tertiary/aromatic N) is 2. The monoisotopic (exact) mass is 243 g/mol. The number of piperidine rings is 1. The first-order chi connectivity index (χ1) is 8.92. The molecule has 0 radical (unpaired) electrons. The van der Waals surface area contributed by atoms with Crippen LogP contribution < -0.4 is 10.2 Å². The van der Waals surface area contributed by atoms with Crippen LogP contribution in [0.3, 0.4) is 0 Å². The molecule has 1 fully saturated rings. The van der Waals surface area contributed by atoms with Gasteiger partial charge >= 0.3 is 0 Å². The summed E-state index contributed by atoms with van der Waals surface area (Å²) in [6.45, 7) is 4.32. The molecular weight excluding hydrogens is 222 g/mol. The zero-order chi connectivity index (χ0) is 12.2. The zero-order valence-corrected chi connectivity index (χ0v) is 10.8. The van der Waals surface area contributed by atoms with Crippen LogP contribution in [0.2, 0.25) is 0 Å². The average molecular weight is 243 g/mol. The van der Waals surface area contributed by atoms with Gasteiger partial charge in [-0.25, -0.2) is 0 Å². The van der Waals surface area contributed by atoms with Gasteiger partial charge in [0, 0.05) is 12.2 Å². The Balaban J connectivity index is 1.61. The van der Waals surface area contributed by atoms with E-state index in [2.05, 4.69) is 39.5 Å². The largest absolute Gasteiger partial charge is 0.331 e. The van der Waals surface area contributed by atoms with Gasteiger partial charge in [0.25, 0.3) is 0 Å². The highest BCUT2D eigenvalue weighted by Crippen LogP contribution is 2.21. The molecule has 0 atom stereocenters. The fourth-order valence-corrected chi connectivity index (χ4v) is 2.82. The maximum absolute atomic E-state index is 4.25. The molecule has 1 aromatic carbocycles. The van der Waals surface area contributed by atoms with Gasteiger partial charge in [0.05, 0.1) is 12.9 Å². The van der Waals surface area contributed by atoms with Gasteiger partial charge in [-0.1, -0.05) is 12.1 Å². The van der Waals surface area contributed by atoms with Gasteiger partial charge in [0.15, 0.2) is 0 Å². The fraction of sp³-hybridized carbons (Fsp3) is 0.533. The summed E-state index contributed by atoms with van der Waals surface area (Å²) in [6.07, 6.45) is 5.82. The normalized spacial score (nSPS) is 20.6. The predicted octanol–water partition coefficient (Wildman–Crippen LogP) is 2.08. The fourth-order valence-electron chi connectivity index (χ4n) is 2.82. The molecule has 1 N–H and O–H groups in total. The lowest BCUT2D eigenvalue weighted by Crippen LogP contribution is -2.28. The lowest BCUT2D eigenvalue weighted by Gasteiger charge is -2.22. The van der Waals surface area contributed by atoms with Crippen molar-refractivity contribution in [3.8, 4) is 0 Å². The van der Waals surface area contributed by atoms with Crippen LogP contribution in [0, 0.1) is 5.92 Å².